The molecule has 27 heavy (non-hydrogen) atoms. The largest absolute Gasteiger partial charge is 0.416 e. The molecule has 2 amide bonds. The molecule has 0 bridgehead atoms. The van der Waals surface area contributed by atoms with Gasteiger partial charge in [0, 0.05) is 25.8 Å². The van der Waals surface area contributed by atoms with Gasteiger partial charge >= 0.3 is 6.18 Å². The summed E-state index contributed by atoms with van der Waals surface area (Å²) >= 11 is 0. The van der Waals surface area contributed by atoms with E-state index in [-0.39, 0.29) is 29.3 Å². The Morgan fingerprint density at radius 1 is 1.04 bits per heavy atom. The molecule has 0 atom stereocenters. The van der Waals surface area contributed by atoms with Crippen LogP contribution in [0.4, 0.5) is 24.5 Å². The highest BCUT2D eigenvalue weighted by Crippen LogP contribution is 2.31. The van der Waals surface area contributed by atoms with Gasteiger partial charge in [0.05, 0.1) is 16.8 Å². The van der Waals surface area contributed by atoms with Crippen molar-refractivity contribution < 1.29 is 27.5 Å². The Kier molecular flexibility index (Phi) is 6.95. The average molecular weight is 380 g/mol. The third kappa shape index (κ3) is 6.10. The monoisotopic (exact) mass is 380 g/mol. The van der Waals surface area contributed by atoms with Gasteiger partial charge < -0.3 is 15.4 Å². The first-order valence-electron chi connectivity index (χ1n) is 8.17. The maximum Gasteiger partial charge on any atom is 0.416 e. The number of nitrogens with one attached hydrogen (secondary N) is 2. The van der Waals surface area contributed by atoms with E-state index in [1.165, 1.54) is 25.3 Å². The number of anilines is 2. The van der Waals surface area contributed by atoms with Crippen molar-refractivity contribution in [2.75, 3.05) is 24.4 Å². The summed E-state index contributed by atoms with van der Waals surface area (Å²) in [5, 5.41) is 5.06. The number of rotatable bonds is 7. The first-order chi connectivity index (χ1) is 12.8. The highest BCUT2D eigenvalue weighted by molar-refractivity contribution is 6.10. The lowest BCUT2D eigenvalue weighted by atomic mass is 10.1. The summed E-state index contributed by atoms with van der Waals surface area (Å²) in [5.74, 6) is -0.909. The van der Waals surface area contributed by atoms with Crippen molar-refractivity contribution in [3.05, 3.63) is 59.7 Å². The van der Waals surface area contributed by atoms with Crippen molar-refractivity contribution in [2.45, 2.75) is 19.0 Å². The van der Waals surface area contributed by atoms with Gasteiger partial charge in [0.1, 0.15) is 0 Å². The molecule has 0 unspecified atom stereocenters. The van der Waals surface area contributed by atoms with Gasteiger partial charge in [0.25, 0.3) is 5.91 Å². The molecule has 0 aromatic heterocycles. The van der Waals surface area contributed by atoms with E-state index in [9.17, 15) is 22.8 Å². The van der Waals surface area contributed by atoms with Crippen LogP contribution in [-0.4, -0.2) is 25.5 Å². The van der Waals surface area contributed by atoms with Crippen LogP contribution in [0.3, 0.4) is 0 Å². The van der Waals surface area contributed by atoms with E-state index in [4.69, 9.17) is 4.74 Å². The maximum absolute atomic E-state index is 12.8. The maximum atomic E-state index is 12.8. The lowest BCUT2D eigenvalue weighted by Crippen LogP contribution is -2.18. The van der Waals surface area contributed by atoms with Crippen LogP contribution in [0, 0.1) is 0 Å². The van der Waals surface area contributed by atoms with Crippen LogP contribution in [-0.2, 0) is 15.7 Å². The third-order valence-corrected chi connectivity index (χ3v) is 3.65. The summed E-state index contributed by atoms with van der Waals surface area (Å²) in [4.78, 5) is 24.4. The van der Waals surface area contributed by atoms with Crippen molar-refractivity contribution in [1.82, 2.24) is 0 Å². The molecule has 2 aromatic carbocycles. The van der Waals surface area contributed by atoms with E-state index in [0.29, 0.717) is 13.0 Å². The van der Waals surface area contributed by atoms with Crippen LogP contribution in [0.1, 0.15) is 28.8 Å². The molecule has 0 saturated carbocycles. The van der Waals surface area contributed by atoms with Crippen LogP contribution < -0.4 is 10.6 Å². The van der Waals surface area contributed by atoms with Crippen LogP contribution >= 0.6 is 0 Å². The Balaban J connectivity index is 2.12. The Bertz CT molecular complexity index is 807. The van der Waals surface area contributed by atoms with Crippen molar-refractivity contribution in [2.24, 2.45) is 0 Å². The highest BCUT2D eigenvalue weighted by atomic mass is 19.4. The fourth-order valence-electron chi connectivity index (χ4n) is 2.35. The summed E-state index contributed by atoms with van der Waals surface area (Å²) in [6.45, 7) is 0.436. The first-order valence-corrected chi connectivity index (χ1v) is 8.17. The van der Waals surface area contributed by atoms with E-state index in [1.807, 2.05) is 0 Å². The van der Waals surface area contributed by atoms with E-state index < -0.39 is 17.6 Å². The molecule has 0 aliphatic heterocycles. The number of methoxy groups -OCH3 is 1. The smallest absolute Gasteiger partial charge is 0.385 e. The Morgan fingerprint density at radius 3 is 2.48 bits per heavy atom. The molecule has 144 valence electrons. The summed E-state index contributed by atoms with van der Waals surface area (Å²) in [5.41, 5.74) is -0.421. The highest BCUT2D eigenvalue weighted by Gasteiger charge is 2.30. The minimum Gasteiger partial charge on any atom is -0.385 e. The number of hydrogen-bond acceptors (Lipinski definition) is 3. The Morgan fingerprint density at radius 2 is 1.78 bits per heavy atom. The second-order valence-corrected chi connectivity index (χ2v) is 5.72. The number of carbonyl (C=O) groups excluding carboxylic acids is 2. The predicted octanol–water partition coefficient (Wildman–Crippen LogP) is 4.32. The summed E-state index contributed by atoms with van der Waals surface area (Å²) < 4.78 is 43.3. The molecule has 2 aromatic rings. The van der Waals surface area contributed by atoms with Gasteiger partial charge in [-0.15, -0.1) is 0 Å². The molecule has 0 radical (unpaired) electrons. The quantitative estimate of drug-likeness (QED) is 0.703. The minimum atomic E-state index is -4.51. The third-order valence-electron chi connectivity index (χ3n) is 3.65. The standard InChI is InChI=1S/C19H19F3N2O3/c1-27-11-5-10-17(25)24-16-9-3-2-8-15(16)18(26)23-14-7-4-6-13(12-14)19(20,21)22/h2-4,6-9,12H,5,10-11H2,1H3,(H,23,26)(H,24,25). The summed E-state index contributed by atoms with van der Waals surface area (Å²) in [6.07, 6.45) is -3.76. The van der Waals surface area contributed by atoms with Crippen LogP contribution in [0.15, 0.2) is 48.5 Å². The van der Waals surface area contributed by atoms with Gasteiger partial charge in [-0.05, 0) is 36.8 Å². The van der Waals surface area contributed by atoms with Crippen molar-refractivity contribution >= 4 is 23.2 Å². The number of alkyl halides is 3. The van der Waals surface area contributed by atoms with E-state index in [2.05, 4.69) is 10.6 Å². The number of carbonyl (C=O) groups is 2. The normalized spacial score (nSPS) is 11.1. The molecule has 2 rings (SSSR count). The molecule has 0 aliphatic rings. The molecule has 0 spiro atoms. The number of halogens is 3. The summed E-state index contributed by atoms with van der Waals surface area (Å²) in [6, 6.07) is 10.6. The molecule has 0 aliphatic carbocycles. The van der Waals surface area contributed by atoms with E-state index in [1.54, 1.807) is 18.2 Å². The molecule has 0 fully saturated rings. The Hall–Kier alpha value is -2.87. The number of hydrogen-bond donors (Lipinski definition) is 2. The lowest BCUT2D eigenvalue weighted by molar-refractivity contribution is -0.137. The van der Waals surface area contributed by atoms with Gasteiger partial charge in [-0.25, -0.2) is 0 Å². The number of amides is 2. The zero-order chi connectivity index (χ0) is 19.9. The van der Waals surface area contributed by atoms with Crippen LogP contribution in [0.5, 0.6) is 0 Å². The molecule has 0 heterocycles. The number of ether oxygens (including phenoxy) is 1. The van der Waals surface area contributed by atoms with Gasteiger partial charge in [-0.2, -0.15) is 13.2 Å². The number of benzene rings is 2. The second kappa shape index (κ2) is 9.18. The topological polar surface area (TPSA) is 67.4 Å². The molecule has 8 heteroatoms. The van der Waals surface area contributed by atoms with Gasteiger partial charge in [-0.3, -0.25) is 9.59 Å². The van der Waals surface area contributed by atoms with Gasteiger partial charge in [-0.1, -0.05) is 18.2 Å². The van der Waals surface area contributed by atoms with Crippen molar-refractivity contribution in [3.63, 3.8) is 0 Å². The average Bonchev–Trinajstić information content (AvgIpc) is 2.62. The SMILES string of the molecule is COCCCC(=O)Nc1ccccc1C(=O)Nc1cccc(C(F)(F)F)c1. The molecular weight excluding hydrogens is 361 g/mol. The number of para-hydroxylation sites is 1. The molecule has 2 N–H and O–H groups in total. The predicted molar refractivity (Wildman–Crippen MR) is 95.6 cm³/mol. The van der Waals surface area contributed by atoms with E-state index >= 15 is 0 Å². The fraction of sp³-hybridized carbons (Fsp3) is 0.263. The summed E-state index contributed by atoms with van der Waals surface area (Å²) in [7, 11) is 1.53. The minimum absolute atomic E-state index is 0.0102. The zero-order valence-electron chi connectivity index (χ0n) is 14.6. The van der Waals surface area contributed by atoms with Crippen molar-refractivity contribution in [3.8, 4) is 0 Å². The van der Waals surface area contributed by atoms with Crippen LogP contribution in [0.25, 0.3) is 0 Å². The molecular formula is C19H19F3N2O3. The Labute approximate surface area is 154 Å². The molecule has 0 saturated heterocycles. The lowest BCUT2D eigenvalue weighted by Gasteiger charge is -2.13. The second-order valence-electron chi connectivity index (χ2n) is 5.72. The van der Waals surface area contributed by atoms with Crippen LogP contribution in [0.2, 0.25) is 0 Å². The van der Waals surface area contributed by atoms with Gasteiger partial charge in [0.15, 0.2) is 0 Å². The molecule has 5 nitrogen and oxygen atoms in total. The van der Waals surface area contributed by atoms with Crippen molar-refractivity contribution in [1.29, 1.82) is 0 Å². The first kappa shape index (κ1) is 20.4. The fourth-order valence-corrected chi connectivity index (χ4v) is 2.35. The zero-order valence-corrected chi connectivity index (χ0v) is 14.6. The van der Waals surface area contributed by atoms with Gasteiger partial charge in [0.2, 0.25) is 5.91 Å². The van der Waals surface area contributed by atoms with E-state index in [0.717, 1.165) is 12.1 Å².